The molecule has 0 spiro atoms. The van der Waals surface area contributed by atoms with Gasteiger partial charge in [0, 0.05) is 16.7 Å². The Kier molecular flexibility index (Phi) is 4.76. The van der Waals surface area contributed by atoms with Crippen LogP contribution in [0.1, 0.15) is 40.1 Å². The molecule has 9 nitrogen and oxygen atoms in total. The van der Waals surface area contributed by atoms with Crippen molar-refractivity contribution in [2.45, 2.75) is 44.0 Å². The Balaban J connectivity index is 1.58. The number of aromatic hydroxyl groups is 1. The summed E-state index contributed by atoms with van der Waals surface area (Å²) < 4.78 is 11.9. The van der Waals surface area contributed by atoms with Gasteiger partial charge in [-0.05, 0) is 44.7 Å². The van der Waals surface area contributed by atoms with Gasteiger partial charge in [0.2, 0.25) is 6.29 Å². The minimum atomic E-state index is -1.44. The van der Waals surface area contributed by atoms with E-state index in [0.717, 1.165) is 0 Å². The Labute approximate surface area is 207 Å². The SMILES string of the molecule is CC1C=CC2=C(O)C3C(=O)c4c(O)cc5c(c4C(=O)C3=CC2=C1)OC1OC5(C)C(O)C(N(C)C)C1O. The van der Waals surface area contributed by atoms with Gasteiger partial charge >= 0.3 is 0 Å². The van der Waals surface area contributed by atoms with E-state index in [4.69, 9.17) is 9.47 Å². The molecule has 3 aliphatic carbocycles. The molecule has 5 aliphatic rings. The van der Waals surface area contributed by atoms with E-state index in [0.29, 0.717) is 11.1 Å². The summed E-state index contributed by atoms with van der Waals surface area (Å²) in [6.45, 7) is 3.56. The van der Waals surface area contributed by atoms with Gasteiger partial charge in [0.15, 0.2) is 11.6 Å². The molecule has 6 rings (SSSR count). The van der Waals surface area contributed by atoms with Crippen LogP contribution in [0.25, 0.3) is 0 Å². The van der Waals surface area contributed by atoms with E-state index in [1.54, 1.807) is 38.1 Å². The first kappa shape index (κ1) is 23.2. The van der Waals surface area contributed by atoms with Crippen molar-refractivity contribution in [3.8, 4) is 11.5 Å². The molecule has 1 fully saturated rings. The number of phenolic OH excluding ortho intramolecular Hbond substituents is 1. The third kappa shape index (κ3) is 2.79. The van der Waals surface area contributed by atoms with Gasteiger partial charge in [0.05, 0.1) is 17.2 Å². The van der Waals surface area contributed by atoms with E-state index in [9.17, 15) is 30.0 Å². The maximum Gasteiger partial charge on any atom is 0.228 e. The number of aliphatic hydroxyl groups is 3. The number of likely N-dealkylation sites (N-methyl/N-ethyl adjacent to an activating group) is 1. The molecule has 7 atom stereocenters. The molecule has 1 aromatic rings. The van der Waals surface area contributed by atoms with Crippen LogP contribution in [0.5, 0.6) is 11.5 Å². The van der Waals surface area contributed by atoms with Crippen LogP contribution in [-0.4, -0.2) is 75.5 Å². The molecule has 2 aliphatic heterocycles. The number of ether oxygens (including phenoxy) is 2. The first-order valence-corrected chi connectivity index (χ1v) is 11.9. The van der Waals surface area contributed by atoms with Gasteiger partial charge in [-0.2, -0.15) is 0 Å². The predicted octanol–water partition coefficient (Wildman–Crippen LogP) is 1.89. The third-order valence-electron chi connectivity index (χ3n) is 7.99. The summed E-state index contributed by atoms with van der Waals surface area (Å²) in [6, 6.07) is 0.509. The van der Waals surface area contributed by atoms with Crippen LogP contribution in [0, 0.1) is 11.8 Å². The molecule has 0 radical (unpaired) electrons. The van der Waals surface area contributed by atoms with Crippen molar-refractivity contribution in [2.75, 3.05) is 14.1 Å². The van der Waals surface area contributed by atoms with Crippen LogP contribution in [0.2, 0.25) is 0 Å². The molecule has 7 unspecified atom stereocenters. The lowest BCUT2D eigenvalue weighted by atomic mass is 9.69. The molecule has 0 aromatic heterocycles. The van der Waals surface area contributed by atoms with Gasteiger partial charge in [-0.3, -0.25) is 9.59 Å². The van der Waals surface area contributed by atoms with Crippen molar-refractivity contribution in [3.05, 3.63) is 69.5 Å². The van der Waals surface area contributed by atoms with E-state index in [-0.39, 0.29) is 39.7 Å². The standard InChI is InChI=1S/C27H27NO8/c1-10-5-6-12-11(7-10)8-13-16(20(12)30)22(32)17-15(29)9-14-24(18(17)21(13)31)35-26-23(33)19(28(3)4)25(34)27(14,2)36-26/h5-10,16,19,23,25-26,29-30,33-34H,1-4H3. The second-order valence-corrected chi connectivity index (χ2v) is 10.5. The Morgan fingerprint density at radius 1 is 1.11 bits per heavy atom. The molecule has 9 heteroatoms. The number of fused-ring (bicyclic) bond motifs is 8. The van der Waals surface area contributed by atoms with Crippen molar-refractivity contribution in [3.63, 3.8) is 0 Å². The average molecular weight is 494 g/mol. The summed E-state index contributed by atoms with van der Waals surface area (Å²) in [4.78, 5) is 29.2. The highest BCUT2D eigenvalue weighted by Gasteiger charge is 2.59. The highest BCUT2D eigenvalue weighted by molar-refractivity contribution is 6.27. The molecule has 1 aromatic carbocycles. The van der Waals surface area contributed by atoms with E-state index in [1.165, 1.54) is 6.07 Å². The number of hydrogen-bond acceptors (Lipinski definition) is 9. The fourth-order valence-corrected chi connectivity index (χ4v) is 6.12. The van der Waals surface area contributed by atoms with Gasteiger partial charge in [-0.1, -0.05) is 25.2 Å². The molecule has 36 heavy (non-hydrogen) atoms. The van der Waals surface area contributed by atoms with Crippen molar-refractivity contribution < 1.29 is 39.5 Å². The summed E-state index contributed by atoms with van der Waals surface area (Å²) in [7, 11) is 3.41. The first-order chi connectivity index (χ1) is 17.0. The number of rotatable bonds is 1. The number of aliphatic hydroxyl groups excluding tert-OH is 3. The monoisotopic (exact) mass is 493 g/mol. The van der Waals surface area contributed by atoms with Gasteiger partial charge in [-0.25, -0.2) is 0 Å². The minimum Gasteiger partial charge on any atom is -0.511 e. The number of carbonyl (C=O) groups is 2. The summed E-state index contributed by atoms with van der Waals surface area (Å²) >= 11 is 0. The zero-order valence-electron chi connectivity index (χ0n) is 20.2. The molecule has 2 heterocycles. The van der Waals surface area contributed by atoms with E-state index in [1.807, 2.05) is 19.1 Å². The molecule has 2 bridgehead atoms. The van der Waals surface area contributed by atoms with Crippen molar-refractivity contribution >= 4 is 11.6 Å². The number of allylic oxidation sites excluding steroid dienone is 7. The fraction of sp³-hybridized carbons (Fsp3) is 0.407. The summed E-state index contributed by atoms with van der Waals surface area (Å²) in [5, 5.41) is 44.2. The second-order valence-electron chi connectivity index (χ2n) is 10.5. The van der Waals surface area contributed by atoms with Crippen LogP contribution in [-0.2, 0) is 10.3 Å². The number of Topliss-reactive ketones (excluding diaryl/α,β-unsaturated/α-hetero) is 2. The normalized spacial score (nSPS) is 36.4. The molecular formula is C27H27NO8. The first-order valence-electron chi connectivity index (χ1n) is 11.9. The molecule has 4 N–H and O–H groups in total. The molecular weight excluding hydrogens is 466 g/mol. The topological polar surface area (TPSA) is 137 Å². The second kappa shape index (κ2) is 7.39. The summed E-state index contributed by atoms with van der Waals surface area (Å²) in [6.07, 6.45) is 3.39. The summed E-state index contributed by atoms with van der Waals surface area (Å²) in [5.41, 5.74) is -0.474. The maximum atomic E-state index is 13.9. The number of benzene rings is 1. The highest BCUT2D eigenvalue weighted by Crippen LogP contribution is 2.54. The van der Waals surface area contributed by atoms with Crippen LogP contribution in [0.4, 0.5) is 0 Å². The van der Waals surface area contributed by atoms with E-state index < -0.39 is 53.4 Å². The average Bonchev–Trinajstić information content (AvgIpc) is 2.81. The number of nitrogens with zero attached hydrogens (tertiary/aromatic N) is 1. The van der Waals surface area contributed by atoms with Gasteiger partial charge < -0.3 is 34.8 Å². The molecule has 0 amide bonds. The molecule has 0 saturated carbocycles. The minimum absolute atomic E-state index is 0.0188. The van der Waals surface area contributed by atoms with Gasteiger partial charge in [-0.15, -0.1) is 0 Å². The zero-order chi connectivity index (χ0) is 25.8. The van der Waals surface area contributed by atoms with Crippen molar-refractivity contribution in [1.29, 1.82) is 0 Å². The lowest BCUT2D eigenvalue weighted by Crippen LogP contribution is -2.68. The molecule has 188 valence electrons. The van der Waals surface area contributed by atoms with Crippen LogP contribution < -0.4 is 4.74 Å². The van der Waals surface area contributed by atoms with Crippen LogP contribution in [0.15, 0.2) is 52.8 Å². The van der Waals surface area contributed by atoms with Crippen LogP contribution in [0.3, 0.4) is 0 Å². The number of carbonyl (C=O) groups excluding carboxylic acids is 2. The number of ketones is 2. The van der Waals surface area contributed by atoms with Crippen LogP contribution >= 0.6 is 0 Å². The molecule has 1 saturated heterocycles. The Morgan fingerprint density at radius 3 is 2.53 bits per heavy atom. The highest BCUT2D eigenvalue weighted by atomic mass is 16.7. The number of phenols is 1. The Hall–Kier alpha value is -3.24. The smallest absolute Gasteiger partial charge is 0.228 e. The zero-order valence-corrected chi connectivity index (χ0v) is 20.2. The quantitative estimate of drug-likeness (QED) is 0.462. The summed E-state index contributed by atoms with van der Waals surface area (Å²) in [5.74, 6) is -3.11. The van der Waals surface area contributed by atoms with E-state index in [2.05, 4.69) is 0 Å². The maximum absolute atomic E-state index is 13.9. The number of hydrogen-bond donors (Lipinski definition) is 4. The van der Waals surface area contributed by atoms with Gasteiger partial charge in [0.25, 0.3) is 0 Å². The van der Waals surface area contributed by atoms with Crippen molar-refractivity contribution in [2.24, 2.45) is 11.8 Å². The van der Waals surface area contributed by atoms with E-state index >= 15 is 0 Å². The third-order valence-corrected chi connectivity index (χ3v) is 7.99. The largest absolute Gasteiger partial charge is 0.511 e. The Bertz CT molecular complexity index is 1370. The predicted molar refractivity (Wildman–Crippen MR) is 127 cm³/mol. The van der Waals surface area contributed by atoms with Gasteiger partial charge in [0.1, 0.15) is 41.0 Å². The lowest BCUT2D eigenvalue weighted by Gasteiger charge is -2.54. The van der Waals surface area contributed by atoms with Crippen molar-refractivity contribution in [1.82, 2.24) is 4.90 Å². The Morgan fingerprint density at radius 2 is 1.83 bits per heavy atom. The fourth-order valence-electron chi connectivity index (χ4n) is 6.12. The lowest BCUT2D eigenvalue weighted by molar-refractivity contribution is -0.311.